The first kappa shape index (κ1) is 15.2. The Balaban J connectivity index is 1.83. The average Bonchev–Trinajstić information content (AvgIpc) is 2.55. The van der Waals surface area contributed by atoms with E-state index in [1.807, 2.05) is 31.2 Å². The van der Waals surface area contributed by atoms with E-state index < -0.39 is 0 Å². The average molecular weight is 309 g/mol. The van der Waals surface area contributed by atoms with Crippen LogP contribution in [0.1, 0.15) is 34.0 Å². The third kappa shape index (κ3) is 3.23. The Labute approximate surface area is 135 Å². The highest BCUT2D eigenvalue weighted by Crippen LogP contribution is 2.22. The molecule has 5 heteroatoms. The number of amides is 2. The highest BCUT2D eigenvalue weighted by Gasteiger charge is 2.23. The fourth-order valence-electron chi connectivity index (χ4n) is 2.79. The van der Waals surface area contributed by atoms with Crippen LogP contribution in [0.5, 0.6) is 0 Å². The molecule has 1 N–H and O–H groups in total. The zero-order valence-corrected chi connectivity index (χ0v) is 13.3. The SMILES string of the molecule is CC(=O)N1CCc2c(cncc2C(=O)Nc2ccc(C)cc2)C1. The summed E-state index contributed by atoms with van der Waals surface area (Å²) >= 11 is 0. The van der Waals surface area contributed by atoms with E-state index in [4.69, 9.17) is 0 Å². The Bertz CT molecular complexity index is 753. The van der Waals surface area contributed by atoms with Crippen LogP contribution in [0.15, 0.2) is 36.7 Å². The third-order valence-electron chi connectivity index (χ3n) is 4.14. The van der Waals surface area contributed by atoms with Crippen LogP contribution >= 0.6 is 0 Å². The molecule has 0 radical (unpaired) electrons. The highest BCUT2D eigenvalue weighted by molar-refractivity contribution is 6.05. The molecule has 0 bridgehead atoms. The fraction of sp³-hybridized carbons (Fsp3) is 0.278. The molecule has 0 saturated heterocycles. The summed E-state index contributed by atoms with van der Waals surface area (Å²) in [6.07, 6.45) is 4.02. The summed E-state index contributed by atoms with van der Waals surface area (Å²) in [6, 6.07) is 7.68. The van der Waals surface area contributed by atoms with Crippen LogP contribution in [-0.4, -0.2) is 28.2 Å². The van der Waals surface area contributed by atoms with E-state index in [0.29, 0.717) is 25.1 Å². The maximum absolute atomic E-state index is 12.6. The second-order valence-electron chi connectivity index (χ2n) is 5.84. The molecule has 1 aromatic heterocycles. The topological polar surface area (TPSA) is 62.3 Å². The molecule has 5 nitrogen and oxygen atoms in total. The lowest BCUT2D eigenvalue weighted by Crippen LogP contribution is -2.35. The van der Waals surface area contributed by atoms with Crippen LogP contribution < -0.4 is 5.32 Å². The Hall–Kier alpha value is -2.69. The Morgan fingerprint density at radius 2 is 1.91 bits per heavy atom. The number of rotatable bonds is 2. The van der Waals surface area contributed by atoms with E-state index in [1.54, 1.807) is 24.2 Å². The molecule has 3 rings (SSSR count). The van der Waals surface area contributed by atoms with Gasteiger partial charge in [-0.25, -0.2) is 0 Å². The Kier molecular flexibility index (Phi) is 4.10. The number of aryl methyl sites for hydroxylation is 1. The number of nitrogens with zero attached hydrogens (tertiary/aromatic N) is 2. The number of pyridine rings is 1. The van der Waals surface area contributed by atoms with Crippen molar-refractivity contribution < 1.29 is 9.59 Å². The van der Waals surface area contributed by atoms with Crippen LogP contribution in [0.4, 0.5) is 5.69 Å². The van der Waals surface area contributed by atoms with Gasteiger partial charge in [0.25, 0.3) is 5.91 Å². The molecule has 23 heavy (non-hydrogen) atoms. The molecule has 2 amide bonds. The molecule has 2 heterocycles. The van der Waals surface area contributed by atoms with Gasteiger partial charge < -0.3 is 10.2 Å². The molecule has 1 aromatic carbocycles. The van der Waals surface area contributed by atoms with E-state index in [-0.39, 0.29) is 11.8 Å². The summed E-state index contributed by atoms with van der Waals surface area (Å²) < 4.78 is 0. The summed E-state index contributed by atoms with van der Waals surface area (Å²) in [6.45, 7) is 4.72. The first-order valence-electron chi connectivity index (χ1n) is 7.64. The summed E-state index contributed by atoms with van der Waals surface area (Å²) in [5.74, 6) is -0.111. The van der Waals surface area contributed by atoms with Gasteiger partial charge in [-0.05, 0) is 36.6 Å². The lowest BCUT2D eigenvalue weighted by atomic mass is 9.96. The van der Waals surface area contributed by atoms with Crippen molar-refractivity contribution in [2.45, 2.75) is 26.8 Å². The van der Waals surface area contributed by atoms with Crippen molar-refractivity contribution in [3.05, 3.63) is 58.9 Å². The summed E-state index contributed by atoms with van der Waals surface area (Å²) in [5.41, 5.74) is 4.43. The number of aromatic nitrogens is 1. The number of benzene rings is 1. The van der Waals surface area contributed by atoms with Gasteiger partial charge in [0.05, 0.1) is 5.56 Å². The van der Waals surface area contributed by atoms with E-state index in [0.717, 1.165) is 22.4 Å². The first-order valence-corrected chi connectivity index (χ1v) is 7.64. The number of hydrogen-bond donors (Lipinski definition) is 1. The number of anilines is 1. The van der Waals surface area contributed by atoms with E-state index in [1.165, 1.54) is 0 Å². The van der Waals surface area contributed by atoms with Gasteiger partial charge in [0.2, 0.25) is 5.91 Å². The second-order valence-corrected chi connectivity index (χ2v) is 5.84. The molecule has 118 valence electrons. The Morgan fingerprint density at radius 1 is 1.17 bits per heavy atom. The van der Waals surface area contributed by atoms with Gasteiger partial charge in [0, 0.05) is 38.1 Å². The van der Waals surface area contributed by atoms with Crippen molar-refractivity contribution in [2.24, 2.45) is 0 Å². The smallest absolute Gasteiger partial charge is 0.257 e. The maximum Gasteiger partial charge on any atom is 0.257 e. The van der Waals surface area contributed by atoms with E-state index in [9.17, 15) is 9.59 Å². The minimum Gasteiger partial charge on any atom is -0.338 e. The molecule has 0 unspecified atom stereocenters. The summed E-state index contributed by atoms with van der Waals surface area (Å²) in [7, 11) is 0. The minimum absolute atomic E-state index is 0.0464. The number of nitrogens with one attached hydrogen (secondary N) is 1. The zero-order valence-electron chi connectivity index (χ0n) is 13.3. The van der Waals surface area contributed by atoms with Crippen molar-refractivity contribution in [3.63, 3.8) is 0 Å². The molecule has 2 aromatic rings. The second kappa shape index (κ2) is 6.20. The van der Waals surface area contributed by atoms with Crippen LogP contribution in [0, 0.1) is 6.92 Å². The molecule has 0 atom stereocenters. The molecular weight excluding hydrogens is 290 g/mol. The predicted molar refractivity (Wildman–Crippen MR) is 88.2 cm³/mol. The zero-order chi connectivity index (χ0) is 16.4. The fourth-order valence-corrected chi connectivity index (χ4v) is 2.79. The summed E-state index contributed by atoms with van der Waals surface area (Å²) in [4.78, 5) is 30.0. The van der Waals surface area contributed by atoms with Crippen molar-refractivity contribution in [1.82, 2.24) is 9.88 Å². The lowest BCUT2D eigenvalue weighted by molar-refractivity contribution is -0.129. The van der Waals surface area contributed by atoms with Crippen LogP contribution in [-0.2, 0) is 17.8 Å². The molecule has 0 fully saturated rings. The van der Waals surface area contributed by atoms with Gasteiger partial charge in [0.15, 0.2) is 0 Å². The maximum atomic E-state index is 12.6. The molecule has 0 spiro atoms. The van der Waals surface area contributed by atoms with Gasteiger partial charge in [-0.15, -0.1) is 0 Å². The molecule has 1 aliphatic heterocycles. The van der Waals surface area contributed by atoms with Crippen LogP contribution in [0.3, 0.4) is 0 Å². The lowest BCUT2D eigenvalue weighted by Gasteiger charge is -2.28. The van der Waals surface area contributed by atoms with Gasteiger partial charge >= 0.3 is 0 Å². The van der Waals surface area contributed by atoms with E-state index >= 15 is 0 Å². The summed E-state index contributed by atoms with van der Waals surface area (Å²) in [5, 5.41) is 2.91. The van der Waals surface area contributed by atoms with Crippen LogP contribution in [0.2, 0.25) is 0 Å². The minimum atomic E-state index is -0.158. The molecule has 1 aliphatic rings. The number of hydrogen-bond acceptors (Lipinski definition) is 3. The normalized spacial score (nSPS) is 13.4. The third-order valence-corrected chi connectivity index (χ3v) is 4.14. The van der Waals surface area contributed by atoms with Crippen molar-refractivity contribution >= 4 is 17.5 Å². The molecule has 0 saturated carbocycles. The monoisotopic (exact) mass is 309 g/mol. The largest absolute Gasteiger partial charge is 0.338 e. The van der Waals surface area contributed by atoms with Gasteiger partial charge in [0.1, 0.15) is 0 Å². The van der Waals surface area contributed by atoms with Gasteiger partial charge in [-0.3, -0.25) is 14.6 Å². The van der Waals surface area contributed by atoms with Gasteiger partial charge in [-0.1, -0.05) is 17.7 Å². The first-order chi connectivity index (χ1) is 11.0. The quantitative estimate of drug-likeness (QED) is 0.927. The predicted octanol–water partition coefficient (Wildman–Crippen LogP) is 2.55. The molecular formula is C18H19N3O2. The van der Waals surface area contributed by atoms with Crippen LogP contribution in [0.25, 0.3) is 0 Å². The highest BCUT2D eigenvalue weighted by atomic mass is 16.2. The standard InChI is InChI=1S/C18H19N3O2/c1-12-3-5-15(6-4-12)20-18(23)17-10-19-9-14-11-21(13(2)22)8-7-16(14)17/h3-6,9-10H,7-8,11H2,1-2H3,(H,20,23). The number of fused-ring (bicyclic) bond motifs is 1. The van der Waals surface area contributed by atoms with Gasteiger partial charge in [-0.2, -0.15) is 0 Å². The molecule has 0 aliphatic carbocycles. The Morgan fingerprint density at radius 3 is 2.61 bits per heavy atom. The van der Waals surface area contributed by atoms with Crippen molar-refractivity contribution in [2.75, 3.05) is 11.9 Å². The van der Waals surface area contributed by atoms with Crippen molar-refractivity contribution in [3.8, 4) is 0 Å². The van der Waals surface area contributed by atoms with E-state index in [2.05, 4.69) is 10.3 Å². The number of carbonyl (C=O) groups excluding carboxylic acids is 2. The van der Waals surface area contributed by atoms with Crippen molar-refractivity contribution in [1.29, 1.82) is 0 Å². The number of carbonyl (C=O) groups is 2.